The summed E-state index contributed by atoms with van der Waals surface area (Å²) in [5.74, 6) is 1.87. The average molecular weight is 501 g/mol. The summed E-state index contributed by atoms with van der Waals surface area (Å²) in [6.45, 7) is 2.11. The van der Waals surface area contributed by atoms with E-state index in [1.165, 1.54) is 7.11 Å². The predicted molar refractivity (Wildman–Crippen MR) is 129 cm³/mol. The van der Waals surface area contributed by atoms with Crippen LogP contribution in [0.4, 0.5) is 0 Å². The summed E-state index contributed by atoms with van der Waals surface area (Å²) >= 11 is 6.33. The molecule has 0 spiro atoms. The molecule has 33 heavy (non-hydrogen) atoms. The molecular weight excluding hydrogens is 471 g/mol. The van der Waals surface area contributed by atoms with Gasteiger partial charge in [0.05, 0.1) is 42.8 Å². The van der Waals surface area contributed by atoms with Crippen LogP contribution in [0.2, 0.25) is 5.02 Å². The monoisotopic (exact) mass is 500 g/mol. The molecule has 0 saturated carbocycles. The van der Waals surface area contributed by atoms with E-state index in [-0.39, 0.29) is 27.3 Å². The molecular formula is C23H30ClO8P. The smallest absolute Gasteiger partial charge is 0.191 e. The van der Waals surface area contributed by atoms with Gasteiger partial charge in [-0.05, 0) is 20.7 Å². The van der Waals surface area contributed by atoms with E-state index in [1.54, 1.807) is 51.7 Å². The van der Waals surface area contributed by atoms with Gasteiger partial charge in [-0.15, -0.1) is 0 Å². The Morgan fingerprint density at radius 2 is 1.33 bits per heavy atom. The molecule has 8 nitrogen and oxygen atoms in total. The van der Waals surface area contributed by atoms with Crippen LogP contribution in [0.15, 0.2) is 30.3 Å². The fourth-order valence-corrected chi connectivity index (χ4v) is 4.26. The van der Waals surface area contributed by atoms with Gasteiger partial charge in [-0.3, -0.25) is 4.79 Å². The van der Waals surface area contributed by atoms with E-state index in [1.807, 2.05) is 0 Å². The topological polar surface area (TPSA) is 81.7 Å². The highest BCUT2D eigenvalue weighted by molar-refractivity contribution is 7.66. The van der Waals surface area contributed by atoms with Crippen molar-refractivity contribution in [2.75, 3.05) is 68.1 Å². The van der Waals surface area contributed by atoms with Gasteiger partial charge in [-0.1, -0.05) is 17.7 Å². The Morgan fingerprint density at radius 3 is 1.85 bits per heavy atom. The molecule has 0 fully saturated rings. The Kier molecular flexibility index (Phi) is 12.3. The van der Waals surface area contributed by atoms with Crippen LogP contribution in [-0.2, 0) is 14.2 Å². The minimum atomic E-state index is -0.343. The van der Waals surface area contributed by atoms with Crippen LogP contribution in [0, 0.1) is 0 Å². The number of rotatable bonds is 16. The van der Waals surface area contributed by atoms with Crippen LogP contribution < -0.4 is 24.3 Å². The molecule has 0 amide bonds. The van der Waals surface area contributed by atoms with Gasteiger partial charge in [0.25, 0.3) is 0 Å². The molecule has 2 aromatic rings. The van der Waals surface area contributed by atoms with Crippen LogP contribution in [0.25, 0.3) is 0 Å². The largest absolute Gasteiger partial charge is 0.496 e. The maximum absolute atomic E-state index is 13.3. The van der Waals surface area contributed by atoms with E-state index in [0.717, 1.165) is 0 Å². The van der Waals surface area contributed by atoms with Gasteiger partial charge in [0.15, 0.2) is 5.52 Å². The normalized spacial score (nSPS) is 11.1. The standard InChI is InChI=1S/C23H30ClO8P/c1-26-8-11-30-16-14-19(31-12-9-27-2)22(20(15-16)32-13-10-28-3)33-23(25)21-17(24)6-5-7-18(21)29-4/h5-7,14-15,33H,8-13H2,1-4H3. The van der Waals surface area contributed by atoms with Gasteiger partial charge in [-0.25, -0.2) is 0 Å². The molecule has 0 bridgehead atoms. The van der Waals surface area contributed by atoms with Crippen molar-refractivity contribution in [3.63, 3.8) is 0 Å². The maximum Gasteiger partial charge on any atom is 0.191 e. The fraction of sp³-hybridized carbons (Fsp3) is 0.435. The molecule has 0 heterocycles. The zero-order valence-corrected chi connectivity index (χ0v) is 21.0. The van der Waals surface area contributed by atoms with E-state index >= 15 is 0 Å². The lowest BCUT2D eigenvalue weighted by atomic mass is 10.2. The minimum Gasteiger partial charge on any atom is -0.496 e. The number of halogens is 1. The van der Waals surface area contributed by atoms with Gasteiger partial charge in [0.1, 0.15) is 42.8 Å². The van der Waals surface area contributed by atoms with Crippen molar-refractivity contribution < 1.29 is 38.0 Å². The number of methoxy groups -OCH3 is 4. The van der Waals surface area contributed by atoms with Crippen molar-refractivity contribution in [3.8, 4) is 23.0 Å². The third-order valence-corrected chi connectivity index (χ3v) is 5.88. The second kappa shape index (κ2) is 14.9. The Morgan fingerprint density at radius 1 is 0.788 bits per heavy atom. The van der Waals surface area contributed by atoms with Gasteiger partial charge in [-0.2, -0.15) is 0 Å². The molecule has 2 aromatic carbocycles. The predicted octanol–water partition coefficient (Wildman–Crippen LogP) is 3.57. The Hall–Kier alpha value is -2.09. The first-order valence-electron chi connectivity index (χ1n) is 10.2. The molecule has 0 N–H and O–H groups in total. The molecule has 10 heteroatoms. The van der Waals surface area contributed by atoms with Crippen molar-refractivity contribution in [1.29, 1.82) is 0 Å². The average Bonchev–Trinajstić information content (AvgIpc) is 2.81. The summed E-state index contributed by atoms with van der Waals surface area (Å²) in [4.78, 5) is 13.3. The lowest BCUT2D eigenvalue weighted by Crippen LogP contribution is -2.17. The summed E-state index contributed by atoms with van der Waals surface area (Å²) in [5, 5.41) is 0.906. The first kappa shape index (κ1) is 27.2. The Bertz CT molecular complexity index is 862. The van der Waals surface area contributed by atoms with Crippen LogP contribution in [0.1, 0.15) is 10.4 Å². The molecule has 182 valence electrons. The minimum absolute atomic E-state index is 0.210. The van der Waals surface area contributed by atoms with Crippen molar-refractivity contribution in [1.82, 2.24) is 0 Å². The fourth-order valence-electron chi connectivity index (χ4n) is 2.78. The third-order valence-electron chi connectivity index (χ3n) is 4.35. The lowest BCUT2D eigenvalue weighted by molar-refractivity contribution is 0.108. The number of carbonyl (C=O) groups excluding carboxylic acids is 1. The summed E-state index contributed by atoms with van der Waals surface area (Å²) in [6, 6.07) is 8.54. The molecule has 0 radical (unpaired) electrons. The van der Waals surface area contributed by atoms with E-state index in [0.29, 0.717) is 65.3 Å². The van der Waals surface area contributed by atoms with Crippen molar-refractivity contribution in [2.45, 2.75) is 0 Å². The van der Waals surface area contributed by atoms with E-state index in [9.17, 15) is 4.79 Å². The van der Waals surface area contributed by atoms with Gasteiger partial charge < -0.3 is 33.2 Å². The highest BCUT2D eigenvalue weighted by Gasteiger charge is 2.23. The Labute approximate surface area is 201 Å². The van der Waals surface area contributed by atoms with Crippen LogP contribution in [0.3, 0.4) is 0 Å². The van der Waals surface area contributed by atoms with Crippen molar-refractivity contribution >= 4 is 31.0 Å². The SMILES string of the molecule is COCCOc1cc(OCCOC)c(PC(=O)c2c(Cl)cccc2OC)c(OCCOC)c1. The summed E-state index contributed by atoms with van der Waals surface area (Å²) in [6.07, 6.45) is 0. The lowest BCUT2D eigenvalue weighted by Gasteiger charge is -2.19. The van der Waals surface area contributed by atoms with Gasteiger partial charge in [0, 0.05) is 33.5 Å². The van der Waals surface area contributed by atoms with E-state index < -0.39 is 0 Å². The zero-order chi connectivity index (χ0) is 24.1. The highest BCUT2D eigenvalue weighted by Crippen LogP contribution is 2.38. The molecule has 0 aliphatic heterocycles. The number of benzene rings is 2. The molecule has 0 aliphatic carbocycles. The number of hydrogen-bond donors (Lipinski definition) is 0. The Balaban J connectivity index is 2.45. The maximum atomic E-state index is 13.3. The summed E-state index contributed by atoms with van der Waals surface area (Å²) in [7, 11) is 5.92. The summed E-state index contributed by atoms with van der Waals surface area (Å²) < 4.78 is 38.2. The molecule has 1 atom stereocenters. The van der Waals surface area contributed by atoms with Crippen LogP contribution in [-0.4, -0.2) is 73.6 Å². The number of carbonyl (C=O) groups is 1. The molecule has 0 aliphatic rings. The molecule has 1 unspecified atom stereocenters. The second-order valence-electron chi connectivity index (χ2n) is 6.59. The molecule has 0 aromatic heterocycles. The van der Waals surface area contributed by atoms with E-state index in [4.69, 9.17) is 44.8 Å². The first-order valence-corrected chi connectivity index (χ1v) is 11.6. The van der Waals surface area contributed by atoms with Crippen molar-refractivity contribution in [3.05, 3.63) is 40.9 Å². The van der Waals surface area contributed by atoms with Crippen LogP contribution >= 0.6 is 20.2 Å². The van der Waals surface area contributed by atoms with Crippen molar-refractivity contribution in [2.24, 2.45) is 0 Å². The molecule has 2 rings (SSSR count). The summed E-state index contributed by atoms with van der Waals surface area (Å²) in [5.41, 5.74) is 0.102. The third kappa shape index (κ3) is 8.32. The zero-order valence-electron chi connectivity index (χ0n) is 19.3. The molecule has 0 saturated heterocycles. The first-order chi connectivity index (χ1) is 16.0. The quantitative estimate of drug-likeness (QED) is 0.256. The van der Waals surface area contributed by atoms with Crippen LogP contribution in [0.5, 0.6) is 23.0 Å². The highest BCUT2D eigenvalue weighted by atomic mass is 35.5. The second-order valence-corrected chi connectivity index (χ2v) is 8.20. The van der Waals surface area contributed by atoms with E-state index in [2.05, 4.69) is 0 Å². The number of ether oxygens (including phenoxy) is 7. The van der Waals surface area contributed by atoms with Gasteiger partial charge in [0.2, 0.25) is 0 Å². The van der Waals surface area contributed by atoms with Gasteiger partial charge >= 0.3 is 0 Å². The number of hydrogen-bond acceptors (Lipinski definition) is 8.